The van der Waals surface area contributed by atoms with Gasteiger partial charge in [0.1, 0.15) is 10.8 Å². The summed E-state index contributed by atoms with van der Waals surface area (Å²) in [5.74, 6) is 0.0453. The molecule has 1 fully saturated rings. The summed E-state index contributed by atoms with van der Waals surface area (Å²) in [6.07, 6.45) is 0.528. The van der Waals surface area contributed by atoms with E-state index in [0.29, 0.717) is 30.0 Å². The van der Waals surface area contributed by atoms with Crippen LogP contribution in [0.1, 0.15) is 38.3 Å². The Morgan fingerprint density at radius 3 is 2.67 bits per heavy atom. The van der Waals surface area contributed by atoms with Crippen LogP contribution in [0.15, 0.2) is 18.2 Å². The van der Waals surface area contributed by atoms with Crippen LogP contribution in [0.4, 0.5) is 4.39 Å². The Hall–Kier alpha value is -1.49. The first-order valence-electron chi connectivity index (χ1n) is 7.04. The summed E-state index contributed by atoms with van der Waals surface area (Å²) in [6, 6.07) is 4.55. The molecule has 1 aromatic carbocycles. The van der Waals surface area contributed by atoms with E-state index in [-0.39, 0.29) is 28.7 Å². The fourth-order valence-corrected chi connectivity index (χ4v) is 2.69. The number of rotatable bonds is 3. The molecule has 1 aromatic rings. The molecule has 5 heteroatoms. The largest absolute Gasteiger partial charge is 0.389 e. The lowest BCUT2D eigenvalue weighted by Crippen LogP contribution is -2.27. The molecule has 1 atom stereocenters. The van der Waals surface area contributed by atoms with E-state index in [1.807, 2.05) is 0 Å². The highest BCUT2D eigenvalue weighted by molar-refractivity contribution is 7.80. The second kappa shape index (κ2) is 5.72. The third-order valence-electron chi connectivity index (χ3n) is 4.13. The molecule has 1 heterocycles. The molecule has 0 saturated carbocycles. The number of carbonyl (C=O) groups is 1. The second-order valence-electron chi connectivity index (χ2n) is 6.71. The Balaban J connectivity index is 2.17. The maximum absolute atomic E-state index is 13.9. The Kier molecular flexibility index (Phi) is 4.33. The lowest BCUT2D eigenvalue weighted by Gasteiger charge is -2.26. The molecule has 21 heavy (non-hydrogen) atoms. The average Bonchev–Trinajstić information content (AvgIpc) is 2.73. The monoisotopic (exact) mass is 308 g/mol. The molecule has 2 N–H and O–H groups in total. The number of likely N-dealkylation sites (tertiary alicyclic amines) is 1. The van der Waals surface area contributed by atoms with E-state index in [2.05, 4.69) is 20.8 Å². The minimum absolute atomic E-state index is 0.0730. The molecule has 1 saturated heterocycles. The van der Waals surface area contributed by atoms with E-state index in [1.54, 1.807) is 17.0 Å². The maximum atomic E-state index is 13.9. The van der Waals surface area contributed by atoms with Gasteiger partial charge in [0, 0.05) is 30.6 Å². The van der Waals surface area contributed by atoms with Crippen molar-refractivity contribution < 1.29 is 9.18 Å². The van der Waals surface area contributed by atoms with E-state index in [4.69, 9.17) is 18.0 Å². The third kappa shape index (κ3) is 3.59. The molecule has 1 aliphatic heterocycles. The van der Waals surface area contributed by atoms with Crippen LogP contribution in [0.5, 0.6) is 0 Å². The highest BCUT2D eigenvalue weighted by Gasteiger charge is 2.36. The molecule has 0 aromatic heterocycles. The van der Waals surface area contributed by atoms with Gasteiger partial charge in [-0.05, 0) is 29.5 Å². The molecule has 0 radical (unpaired) electrons. The minimum atomic E-state index is -0.331. The van der Waals surface area contributed by atoms with Crippen LogP contribution in [0.25, 0.3) is 0 Å². The normalized spacial score (nSPS) is 19.1. The average molecular weight is 308 g/mol. The number of halogens is 1. The predicted molar refractivity (Wildman–Crippen MR) is 85.3 cm³/mol. The van der Waals surface area contributed by atoms with Gasteiger partial charge in [0.05, 0.1) is 0 Å². The van der Waals surface area contributed by atoms with Gasteiger partial charge in [-0.2, -0.15) is 0 Å². The smallest absolute Gasteiger partial charge is 0.223 e. The molecule has 3 nitrogen and oxygen atoms in total. The van der Waals surface area contributed by atoms with Crippen molar-refractivity contribution in [3.8, 4) is 0 Å². The van der Waals surface area contributed by atoms with Gasteiger partial charge in [0.25, 0.3) is 0 Å². The fourth-order valence-electron chi connectivity index (χ4n) is 2.56. The highest BCUT2D eigenvalue weighted by Crippen LogP contribution is 2.35. The Morgan fingerprint density at radius 2 is 2.14 bits per heavy atom. The molecule has 2 rings (SSSR count). The number of nitrogens with zero attached hydrogens (tertiary/aromatic N) is 1. The number of amides is 1. The number of hydrogen-bond acceptors (Lipinski definition) is 2. The van der Waals surface area contributed by atoms with E-state index < -0.39 is 0 Å². The molecule has 1 amide bonds. The number of benzene rings is 1. The van der Waals surface area contributed by atoms with Crippen molar-refractivity contribution in [3.63, 3.8) is 0 Å². The van der Waals surface area contributed by atoms with Crippen LogP contribution in [-0.2, 0) is 11.3 Å². The van der Waals surface area contributed by atoms with Crippen LogP contribution in [0.3, 0.4) is 0 Å². The topological polar surface area (TPSA) is 46.3 Å². The lowest BCUT2D eigenvalue weighted by molar-refractivity contribution is -0.128. The lowest BCUT2D eigenvalue weighted by atomic mass is 9.80. The van der Waals surface area contributed by atoms with Crippen molar-refractivity contribution in [1.29, 1.82) is 0 Å². The summed E-state index contributed by atoms with van der Waals surface area (Å²) in [5.41, 5.74) is 6.74. The standard InChI is InChI=1S/C16H21FN2OS/c1-16(2,3)12-7-14(20)19(9-12)8-11-6-10(15(18)21)4-5-13(11)17/h4-6,12H,7-9H2,1-3H3,(H2,18,21). The van der Waals surface area contributed by atoms with Gasteiger partial charge in [-0.3, -0.25) is 4.79 Å². The van der Waals surface area contributed by atoms with E-state index in [1.165, 1.54) is 6.07 Å². The van der Waals surface area contributed by atoms with E-state index >= 15 is 0 Å². The van der Waals surface area contributed by atoms with Crippen LogP contribution < -0.4 is 5.73 Å². The molecule has 1 aliphatic rings. The summed E-state index contributed by atoms with van der Waals surface area (Å²) < 4.78 is 13.9. The van der Waals surface area contributed by atoms with Crippen molar-refractivity contribution >= 4 is 23.1 Å². The summed E-state index contributed by atoms with van der Waals surface area (Å²) in [6.45, 7) is 7.32. The summed E-state index contributed by atoms with van der Waals surface area (Å²) in [7, 11) is 0. The van der Waals surface area contributed by atoms with Gasteiger partial charge in [-0.1, -0.05) is 33.0 Å². The first kappa shape index (κ1) is 15.9. The Morgan fingerprint density at radius 1 is 1.48 bits per heavy atom. The van der Waals surface area contributed by atoms with Gasteiger partial charge in [-0.15, -0.1) is 0 Å². The SMILES string of the molecule is CC(C)(C)C1CC(=O)N(Cc2cc(C(N)=S)ccc2F)C1. The van der Waals surface area contributed by atoms with E-state index in [0.717, 1.165) is 0 Å². The highest BCUT2D eigenvalue weighted by atomic mass is 32.1. The van der Waals surface area contributed by atoms with Crippen LogP contribution >= 0.6 is 12.2 Å². The molecular formula is C16H21FN2OS. The van der Waals surface area contributed by atoms with Crippen LogP contribution in [0.2, 0.25) is 0 Å². The molecule has 114 valence electrons. The van der Waals surface area contributed by atoms with Crippen molar-refractivity contribution in [2.75, 3.05) is 6.54 Å². The zero-order valence-electron chi connectivity index (χ0n) is 12.6. The maximum Gasteiger partial charge on any atom is 0.223 e. The van der Waals surface area contributed by atoms with E-state index in [9.17, 15) is 9.18 Å². The summed E-state index contributed by atoms with van der Waals surface area (Å²) in [5, 5.41) is 0. The summed E-state index contributed by atoms with van der Waals surface area (Å²) >= 11 is 4.91. The first-order valence-corrected chi connectivity index (χ1v) is 7.45. The number of nitrogens with two attached hydrogens (primary N) is 1. The van der Waals surface area contributed by atoms with Gasteiger partial charge in [0.2, 0.25) is 5.91 Å². The predicted octanol–water partition coefficient (Wildman–Crippen LogP) is 2.85. The van der Waals surface area contributed by atoms with Crippen LogP contribution in [-0.4, -0.2) is 22.3 Å². The number of thiocarbonyl (C=S) groups is 1. The van der Waals surface area contributed by atoms with Gasteiger partial charge >= 0.3 is 0 Å². The number of hydrogen-bond donors (Lipinski definition) is 1. The van der Waals surface area contributed by atoms with Gasteiger partial charge in [0.15, 0.2) is 0 Å². The van der Waals surface area contributed by atoms with Gasteiger partial charge < -0.3 is 10.6 Å². The van der Waals surface area contributed by atoms with Crippen molar-refractivity contribution in [1.82, 2.24) is 4.90 Å². The number of carbonyl (C=O) groups excluding carboxylic acids is 1. The quantitative estimate of drug-likeness (QED) is 0.873. The Bertz CT molecular complexity index is 580. The second-order valence-corrected chi connectivity index (χ2v) is 7.15. The molecule has 1 unspecified atom stereocenters. The molecule has 0 bridgehead atoms. The zero-order valence-corrected chi connectivity index (χ0v) is 13.5. The Labute approximate surface area is 130 Å². The molecule has 0 spiro atoms. The molecular weight excluding hydrogens is 287 g/mol. The van der Waals surface area contributed by atoms with Crippen LogP contribution in [0, 0.1) is 17.2 Å². The zero-order chi connectivity index (χ0) is 15.8. The molecule has 0 aliphatic carbocycles. The minimum Gasteiger partial charge on any atom is -0.389 e. The fraction of sp³-hybridized carbons (Fsp3) is 0.500. The van der Waals surface area contributed by atoms with Crippen molar-refractivity contribution in [2.45, 2.75) is 33.7 Å². The van der Waals surface area contributed by atoms with Gasteiger partial charge in [-0.25, -0.2) is 4.39 Å². The summed E-state index contributed by atoms with van der Waals surface area (Å²) in [4.78, 5) is 14.1. The third-order valence-corrected chi connectivity index (χ3v) is 4.37. The van der Waals surface area contributed by atoms with Crippen molar-refractivity contribution in [3.05, 3.63) is 35.1 Å². The van der Waals surface area contributed by atoms with Crippen molar-refractivity contribution in [2.24, 2.45) is 17.1 Å². The first-order chi connectivity index (χ1) is 9.68.